The molecule has 0 saturated carbocycles. The number of amides is 1. The summed E-state index contributed by atoms with van der Waals surface area (Å²) < 4.78 is 17.8. The average Bonchev–Trinajstić information content (AvgIpc) is 2.27. The van der Waals surface area contributed by atoms with Crippen molar-refractivity contribution in [2.75, 3.05) is 19.8 Å². The van der Waals surface area contributed by atoms with Crippen LogP contribution < -0.4 is 11.1 Å². The van der Waals surface area contributed by atoms with Gasteiger partial charge in [0.2, 0.25) is 5.91 Å². The van der Waals surface area contributed by atoms with Gasteiger partial charge in [-0.1, -0.05) is 11.6 Å². The van der Waals surface area contributed by atoms with E-state index in [1.807, 2.05) is 0 Å². The summed E-state index contributed by atoms with van der Waals surface area (Å²) in [5.74, 6) is -0.825. The van der Waals surface area contributed by atoms with Crippen LogP contribution in [0.15, 0.2) is 18.2 Å². The molecule has 94 valence electrons. The van der Waals surface area contributed by atoms with E-state index in [2.05, 4.69) is 5.32 Å². The molecule has 0 saturated heterocycles. The molecule has 0 radical (unpaired) electrons. The van der Waals surface area contributed by atoms with Crippen LogP contribution in [0, 0.1) is 5.82 Å². The zero-order valence-corrected chi connectivity index (χ0v) is 9.97. The number of rotatable bonds is 7. The molecule has 0 aliphatic carbocycles. The molecule has 0 aromatic heterocycles. The van der Waals surface area contributed by atoms with Gasteiger partial charge in [-0.15, -0.1) is 0 Å². The molecule has 0 unspecified atom stereocenters. The van der Waals surface area contributed by atoms with Crippen molar-refractivity contribution in [3.8, 4) is 0 Å². The van der Waals surface area contributed by atoms with E-state index in [1.54, 1.807) is 0 Å². The number of carbonyl (C=O) groups excluding carboxylic acids is 1. The molecular weight excluding hydrogens is 247 g/mol. The first kappa shape index (κ1) is 13.9. The van der Waals surface area contributed by atoms with Crippen LogP contribution in [0.3, 0.4) is 0 Å². The molecule has 1 rings (SSSR count). The maximum absolute atomic E-state index is 12.9. The second kappa shape index (κ2) is 7.21. The van der Waals surface area contributed by atoms with Crippen LogP contribution in [0.2, 0.25) is 5.02 Å². The van der Waals surface area contributed by atoms with Gasteiger partial charge in [-0.25, -0.2) is 4.39 Å². The van der Waals surface area contributed by atoms with Crippen molar-refractivity contribution in [1.82, 2.24) is 5.32 Å². The number of primary amides is 1. The first-order valence-electron chi connectivity index (χ1n) is 5.10. The molecule has 0 fully saturated rings. The van der Waals surface area contributed by atoms with E-state index < -0.39 is 5.91 Å². The van der Waals surface area contributed by atoms with E-state index >= 15 is 0 Å². The first-order valence-corrected chi connectivity index (χ1v) is 5.48. The molecule has 17 heavy (non-hydrogen) atoms. The van der Waals surface area contributed by atoms with Gasteiger partial charge in [-0.05, 0) is 23.8 Å². The Morgan fingerprint density at radius 1 is 1.53 bits per heavy atom. The van der Waals surface area contributed by atoms with Gasteiger partial charge in [0, 0.05) is 18.1 Å². The lowest BCUT2D eigenvalue weighted by Gasteiger charge is -2.07. The first-order chi connectivity index (χ1) is 8.09. The Bertz CT molecular complexity index is 388. The van der Waals surface area contributed by atoms with E-state index in [0.717, 1.165) is 0 Å². The molecule has 0 aliphatic heterocycles. The Labute approximate surface area is 104 Å². The van der Waals surface area contributed by atoms with Gasteiger partial charge < -0.3 is 15.8 Å². The van der Waals surface area contributed by atoms with Crippen LogP contribution in [0.4, 0.5) is 4.39 Å². The van der Waals surface area contributed by atoms with Gasteiger partial charge in [-0.3, -0.25) is 4.79 Å². The maximum atomic E-state index is 12.9. The molecule has 4 nitrogen and oxygen atoms in total. The predicted octanol–water partition coefficient (Wildman–Crippen LogP) is 1.07. The fraction of sp³-hybridized carbons (Fsp3) is 0.364. The largest absolute Gasteiger partial charge is 0.370 e. The number of carbonyl (C=O) groups is 1. The lowest BCUT2D eigenvalue weighted by atomic mass is 10.2. The zero-order chi connectivity index (χ0) is 12.7. The van der Waals surface area contributed by atoms with E-state index in [9.17, 15) is 9.18 Å². The van der Waals surface area contributed by atoms with Crippen molar-refractivity contribution in [1.29, 1.82) is 0 Å². The normalized spacial score (nSPS) is 10.5. The Hall–Kier alpha value is -1.17. The number of hydrogen-bond donors (Lipinski definition) is 2. The molecule has 6 heteroatoms. The summed E-state index contributed by atoms with van der Waals surface area (Å²) in [4.78, 5) is 10.4. The van der Waals surface area contributed by atoms with Crippen molar-refractivity contribution >= 4 is 17.5 Å². The molecule has 1 aromatic rings. The second-order valence-electron chi connectivity index (χ2n) is 3.43. The maximum Gasteiger partial charge on any atom is 0.243 e. The minimum Gasteiger partial charge on any atom is -0.370 e. The van der Waals surface area contributed by atoms with Gasteiger partial charge in [0.1, 0.15) is 12.4 Å². The number of ether oxygens (including phenoxy) is 1. The minimum atomic E-state index is -0.502. The average molecular weight is 261 g/mol. The monoisotopic (exact) mass is 260 g/mol. The summed E-state index contributed by atoms with van der Waals surface area (Å²) in [5.41, 5.74) is 5.57. The molecule has 0 heterocycles. The number of nitrogens with two attached hydrogens (primary N) is 1. The van der Waals surface area contributed by atoms with Crippen molar-refractivity contribution in [2.24, 2.45) is 5.73 Å². The van der Waals surface area contributed by atoms with Crippen LogP contribution in [-0.4, -0.2) is 25.7 Å². The van der Waals surface area contributed by atoms with Gasteiger partial charge >= 0.3 is 0 Å². The summed E-state index contributed by atoms with van der Waals surface area (Å²) in [5, 5.41) is 3.53. The topological polar surface area (TPSA) is 64.4 Å². The fourth-order valence-corrected chi connectivity index (χ4v) is 1.40. The number of benzene rings is 1. The highest BCUT2D eigenvalue weighted by molar-refractivity contribution is 6.31. The molecule has 0 aliphatic rings. The Morgan fingerprint density at radius 2 is 2.29 bits per heavy atom. The van der Waals surface area contributed by atoms with Gasteiger partial charge in [0.05, 0.1) is 6.61 Å². The molecule has 1 amide bonds. The summed E-state index contributed by atoms with van der Waals surface area (Å²) in [6.45, 7) is 1.23. The number of nitrogens with one attached hydrogen (secondary N) is 1. The van der Waals surface area contributed by atoms with Crippen molar-refractivity contribution < 1.29 is 13.9 Å². The van der Waals surface area contributed by atoms with Crippen LogP contribution in [-0.2, 0) is 16.1 Å². The van der Waals surface area contributed by atoms with E-state index in [1.165, 1.54) is 18.2 Å². The molecule has 0 spiro atoms. The van der Waals surface area contributed by atoms with Crippen molar-refractivity contribution in [2.45, 2.75) is 6.54 Å². The summed E-state index contributed by atoms with van der Waals surface area (Å²) in [6.07, 6.45) is 0. The van der Waals surface area contributed by atoms with Crippen LogP contribution in [0.25, 0.3) is 0 Å². The molecule has 1 aromatic carbocycles. The SMILES string of the molecule is NC(=O)COCCNCc1cc(F)ccc1Cl. The Kier molecular flexibility index (Phi) is 5.90. The Morgan fingerprint density at radius 3 is 3.00 bits per heavy atom. The van der Waals surface area contributed by atoms with Crippen LogP contribution in [0.5, 0.6) is 0 Å². The summed E-state index contributed by atoms with van der Waals surface area (Å²) in [7, 11) is 0. The quantitative estimate of drug-likeness (QED) is 0.721. The van der Waals surface area contributed by atoms with E-state index in [-0.39, 0.29) is 12.4 Å². The fourth-order valence-electron chi connectivity index (χ4n) is 1.22. The third kappa shape index (κ3) is 5.63. The summed E-state index contributed by atoms with van der Waals surface area (Å²) in [6, 6.07) is 4.19. The highest BCUT2D eigenvalue weighted by Crippen LogP contribution is 2.16. The molecule has 0 bridgehead atoms. The van der Waals surface area contributed by atoms with Gasteiger partial charge in [0.25, 0.3) is 0 Å². The molecule has 0 atom stereocenters. The third-order valence-electron chi connectivity index (χ3n) is 1.99. The lowest BCUT2D eigenvalue weighted by molar-refractivity contribution is -0.122. The second-order valence-corrected chi connectivity index (χ2v) is 3.84. The predicted molar refractivity (Wildman–Crippen MR) is 63.1 cm³/mol. The standard InChI is InChI=1S/C11H14ClFN2O2/c12-10-2-1-9(13)5-8(10)6-15-3-4-17-7-11(14)16/h1-2,5,15H,3-4,6-7H2,(H2,14,16). The molecule has 3 N–H and O–H groups in total. The lowest BCUT2D eigenvalue weighted by Crippen LogP contribution is -2.23. The highest BCUT2D eigenvalue weighted by atomic mass is 35.5. The van der Waals surface area contributed by atoms with Gasteiger partial charge in [0.15, 0.2) is 0 Å². The zero-order valence-electron chi connectivity index (χ0n) is 9.21. The van der Waals surface area contributed by atoms with E-state index in [0.29, 0.717) is 30.3 Å². The van der Waals surface area contributed by atoms with Crippen molar-refractivity contribution in [3.05, 3.63) is 34.6 Å². The minimum absolute atomic E-state index is 0.0948. The third-order valence-corrected chi connectivity index (χ3v) is 2.36. The van der Waals surface area contributed by atoms with Gasteiger partial charge in [-0.2, -0.15) is 0 Å². The van der Waals surface area contributed by atoms with Crippen molar-refractivity contribution in [3.63, 3.8) is 0 Å². The van der Waals surface area contributed by atoms with Crippen LogP contribution >= 0.6 is 11.6 Å². The Balaban J connectivity index is 2.22. The highest BCUT2D eigenvalue weighted by Gasteiger charge is 2.01. The van der Waals surface area contributed by atoms with E-state index in [4.69, 9.17) is 22.1 Å². The van der Waals surface area contributed by atoms with Crippen LogP contribution in [0.1, 0.15) is 5.56 Å². The smallest absolute Gasteiger partial charge is 0.243 e. The molecular formula is C11H14ClFN2O2. The number of halogens is 2. The summed E-state index contributed by atoms with van der Waals surface area (Å²) >= 11 is 5.88. The number of hydrogen-bond acceptors (Lipinski definition) is 3.